The molecule has 0 radical (unpaired) electrons. The van der Waals surface area contributed by atoms with Crippen LogP contribution >= 0.6 is 0 Å². The summed E-state index contributed by atoms with van der Waals surface area (Å²) in [7, 11) is 2.96. The lowest BCUT2D eigenvalue weighted by Gasteiger charge is -2.12. The second-order valence-corrected chi connectivity index (χ2v) is 3.29. The van der Waals surface area contributed by atoms with E-state index in [0.29, 0.717) is 23.7 Å². The normalized spacial score (nSPS) is 18.2. The molecule has 0 saturated carbocycles. The van der Waals surface area contributed by atoms with Crippen LogP contribution in [0.3, 0.4) is 0 Å². The van der Waals surface area contributed by atoms with Crippen LogP contribution in [-0.2, 0) is 0 Å². The van der Waals surface area contributed by atoms with Crippen molar-refractivity contribution in [3.63, 3.8) is 0 Å². The zero-order valence-electron chi connectivity index (χ0n) is 8.61. The topological polar surface area (TPSA) is 73.9 Å². The minimum absolute atomic E-state index is 0.00292. The molecule has 1 heterocycles. The van der Waals surface area contributed by atoms with E-state index in [1.54, 1.807) is 6.07 Å². The number of rotatable bonds is 2. The minimum Gasteiger partial charge on any atom is -0.504 e. The number of fused-ring (bicyclic) bond motifs is 1. The van der Waals surface area contributed by atoms with Crippen molar-refractivity contribution >= 4 is 0 Å². The average molecular weight is 211 g/mol. The molecule has 1 aromatic carbocycles. The molecule has 3 N–H and O–H groups in total. The minimum atomic E-state index is -0.320. The predicted molar refractivity (Wildman–Crippen MR) is 53.6 cm³/mol. The Morgan fingerprint density at radius 2 is 2.20 bits per heavy atom. The molecular formula is C10H13NO4. The summed E-state index contributed by atoms with van der Waals surface area (Å²) in [6.07, 6.45) is 0. The van der Waals surface area contributed by atoms with E-state index in [-0.39, 0.29) is 17.5 Å². The molecule has 5 heteroatoms. The fraction of sp³-hybridized carbons (Fsp3) is 0.400. The molecule has 1 aliphatic rings. The molecule has 0 spiro atoms. The summed E-state index contributed by atoms with van der Waals surface area (Å²) in [6, 6.07) is 1.35. The zero-order valence-corrected chi connectivity index (χ0v) is 8.61. The Labute approximate surface area is 87.4 Å². The number of aromatic hydroxyl groups is 1. The summed E-state index contributed by atoms with van der Waals surface area (Å²) in [4.78, 5) is 0. The van der Waals surface area contributed by atoms with Crippen LogP contribution in [0.15, 0.2) is 6.07 Å². The van der Waals surface area contributed by atoms with Gasteiger partial charge in [-0.3, -0.25) is 0 Å². The highest BCUT2D eigenvalue weighted by Gasteiger charge is 2.29. The van der Waals surface area contributed by atoms with E-state index >= 15 is 0 Å². The molecule has 15 heavy (non-hydrogen) atoms. The molecule has 0 fully saturated rings. The fourth-order valence-electron chi connectivity index (χ4n) is 1.71. The van der Waals surface area contributed by atoms with E-state index in [2.05, 4.69) is 0 Å². The van der Waals surface area contributed by atoms with Crippen molar-refractivity contribution in [3.05, 3.63) is 11.6 Å². The standard InChI is InChI=1S/C10H13NO4/c1-13-7-3-6-8(5(11)4-15-6)9(12)10(7)14-2/h3,5,12H,4,11H2,1-2H3. The van der Waals surface area contributed by atoms with Crippen molar-refractivity contribution < 1.29 is 19.3 Å². The van der Waals surface area contributed by atoms with Gasteiger partial charge in [-0.05, 0) is 0 Å². The lowest BCUT2D eigenvalue weighted by atomic mass is 10.1. The van der Waals surface area contributed by atoms with E-state index in [1.807, 2.05) is 0 Å². The second-order valence-electron chi connectivity index (χ2n) is 3.29. The first kappa shape index (κ1) is 9.92. The van der Waals surface area contributed by atoms with Crippen LogP contribution in [0.5, 0.6) is 23.0 Å². The highest BCUT2D eigenvalue weighted by atomic mass is 16.5. The van der Waals surface area contributed by atoms with Gasteiger partial charge in [0.05, 0.1) is 25.8 Å². The fourth-order valence-corrected chi connectivity index (χ4v) is 1.71. The molecule has 2 rings (SSSR count). The third-order valence-corrected chi connectivity index (χ3v) is 2.43. The number of ether oxygens (including phenoxy) is 3. The highest BCUT2D eigenvalue weighted by molar-refractivity contribution is 5.63. The van der Waals surface area contributed by atoms with Crippen LogP contribution in [0, 0.1) is 0 Å². The van der Waals surface area contributed by atoms with Gasteiger partial charge >= 0.3 is 0 Å². The molecule has 0 bridgehead atoms. The SMILES string of the molecule is COc1cc2c(c(O)c1OC)C(N)CO2. The number of nitrogens with two attached hydrogens (primary N) is 1. The average Bonchev–Trinajstić information content (AvgIpc) is 2.60. The summed E-state index contributed by atoms with van der Waals surface area (Å²) in [5.74, 6) is 1.27. The Hall–Kier alpha value is -1.62. The zero-order chi connectivity index (χ0) is 11.0. The van der Waals surface area contributed by atoms with Crippen LogP contribution in [0.4, 0.5) is 0 Å². The number of hydrogen-bond acceptors (Lipinski definition) is 5. The first-order valence-electron chi connectivity index (χ1n) is 4.55. The van der Waals surface area contributed by atoms with Crippen molar-refractivity contribution in [2.24, 2.45) is 5.73 Å². The number of hydrogen-bond donors (Lipinski definition) is 2. The number of phenols is 1. The molecule has 0 amide bonds. The van der Waals surface area contributed by atoms with Gasteiger partial charge in [0.25, 0.3) is 0 Å². The van der Waals surface area contributed by atoms with E-state index in [9.17, 15) is 5.11 Å². The number of phenolic OH excluding ortho intramolecular Hbond substituents is 1. The summed E-state index contributed by atoms with van der Waals surface area (Å²) < 4.78 is 15.4. The molecule has 0 aromatic heterocycles. The van der Waals surface area contributed by atoms with Gasteiger partial charge in [-0.25, -0.2) is 0 Å². The maximum atomic E-state index is 9.93. The van der Waals surface area contributed by atoms with Crippen molar-refractivity contribution in [2.45, 2.75) is 6.04 Å². The molecule has 1 aliphatic heterocycles. The van der Waals surface area contributed by atoms with Gasteiger partial charge in [0.15, 0.2) is 11.5 Å². The largest absolute Gasteiger partial charge is 0.504 e. The summed E-state index contributed by atoms with van der Waals surface area (Å²) in [6.45, 7) is 0.360. The highest BCUT2D eigenvalue weighted by Crippen LogP contribution is 2.48. The van der Waals surface area contributed by atoms with Crippen molar-refractivity contribution in [1.82, 2.24) is 0 Å². The Kier molecular flexibility index (Phi) is 2.32. The first-order valence-corrected chi connectivity index (χ1v) is 4.55. The smallest absolute Gasteiger partial charge is 0.203 e. The van der Waals surface area contributed by atoms with Crippen molar-refractivity contribution in [1.29, 1.82) is 0 Å². The van der Waals surface area contributed by atoms with Gasteiger partial charge in [0, 0.05) is 6.07 Å². The Balaban J connectivity index is 2.62. The van der Waals surface area contributed by atoms with E-state index in [4.69, 9.17) is 19.9 Å². The first-order chi connectivity index (χ1) is 7.19. The summed E-state index contributed by atoms with van der Waals surface area (Å²) in [5, 5.41) is 9.93. The molecular weight excluding hydrogens is 198 g/mol. The van der Waals surface area contributed by atoms with Crippen molar-refractivity contribution in [2.75, 3.05) is 20.8 Å². The Bertz CT molecular complexity index is 391. The van der Waals surface area contributed by atoms with E-state index < -0.39 is 0 Å². The van der Waals surface area contributed by atoms with Gasteiger partial charge in [0.1, 0.15) is 12.4 Å². The third kappa shape index (κ3) is 1.35. The predicted octanol–water partition coefficient (Wildman–Crippen LogP) is 0.802. The van der Waals surface area contributed by atoms with Crippen LogP contribution in [-0.4, -0.2) is 25.9 Å². The van der Waals surface area contributed by atoms with Crippen molar-refractivity contribution in [3.8, 4) is 23.0 Å². The molecule has 0 aliphatic carbocycles. The van der Waals surface area contributed by atoms with Gasteiger partial charge < -0.3 is 25.1 Å². The van der Waals surface area contributed by atoms with E-state index in [0.717, 1.165) is 0 Å². The van der Waals surface area contributed by atoms with Crippen LogP contribution in [0.2, 0.25) is 0 Å². The summed E-state index contributed by atoms with van der Waals surface area (Å²) >= 11 is 0. The Morgan fingerprint density at radius 1 is 1.47 bits per heavy atom. The maximum absolute atomic E-state index is 9.93. The molecule has 1 atom stereocenters. The van der Waals surface area contributed by atoms with Gasteiger partial charge in [-0.2, -0.15) is 0 Å². The number of methoxy groups -OCH3 is 2. The third-order valence-electron chi connectivity index (χ3n) is 2.43. The van der Waals surface area contributed by atoms with Crippen LogP contribution in [0.25, 0.3) is 0 Å². The lowest BCUT2D eigenvalue weighted by molar-refractivity contribution is 0.324. The monoisotopic (exact) mass is 211 g/mol. The number of benzene rings is 1. The summed E-state index contributed by atoms with van der Waals surface area (Å²) in [5.41, 5.74) is 6.36. The Morgan fingerprint density at radius 3 is 2.80 bits per heavy atom. The van der Waals surface area contributed by atoms with Gasteiger partial charge in [-0.15, -0.1) is 0 Å². The molecule has 5 nitrogen and oxygen atoms in total. The van der Waals surface area contributed by atoms with E-state index in [1.165, 1.54) is 14.2 Å². The molecule has 1 unspecified atom stereocenters. The maximum Gasteiger partial charge on any atom is 0.203 e. The van der Waals surface area contributed by atoms with Gasteiger partial charge in [0.2, 0.25) is 5.75 Å². The molecule has 82 valence electrons. The molecule has 0 saturated heterocycles. The second kappa shape index (κ2) is 3.51. The van der Waals surface area contributed by atoms with Crippen LogP contribution in [0.1, 0.15) is 11.6 Å². The quantitative estimate of drug-likeness (QED) is 0.757. The van der Waals surface area contributed by atoms with Crippen LogP contribution < -0.4 is 19.9 Å². The molecule has 1 aromatic rings. The van der Waals surface area contributed by atoms with Gasteiger partial charge in [-0.1, -0.05) is 0 Å². The lowest BCUT2D eigenvalue weighted by Crippen LogP contribution is -2.11.